The number of benzene rings is 1. The van der Waals surface area contributed by atoms with Crippen molar-refractivity contribution in [2.24, 2.45) is 0 Å². The van der Waals surface area contributed by atoms with Crippen molar-refractivity contribution < 1.29 is 9.53 Å². The molecule has 0 radical (unpaired) electrons. The van der Waals surface area contributed by atoms with Gasteiger partial charge in [0.1, 0.15) is 5.75 Å². The van der Waals surface area contributed by atoms with E-state index in [0.717, 1.165) is 24.2 Å². The topological polar surface area (TPSA) is 38.3 Å². The maximum Gasteiger partial charge on any atom is 0.261 e. The fourth-order valence-corrected chi connectivity index (χ4v) is 2.35. The molecule has 0 fully saturated rings. The molecule has 1 atom stereocenters. The maximum absolute atomic E-state index is 12.1. The standard InChI is InChI=1S/C14H18ClNO2/c1-3-11(4-2)16-14(17)13-8-9-7-10(15)5-6-12(9)18-13/h5-7,11,13H,3-4,8H2,1-2H3,(H,16,17). The molecule has 1 N–H and O–H groups in total. The lowest BCUT2D eigenvalue weighted by atomic mass is 10.1. The van der Waals surface area contributed by atoms with Crippen LogP contribution in [-0.2, 0) is 11.2 Å². The van der Waals surface area contributed by atoms with E-state index in [1.165, 1.54) is 0 Å². The second kappa shape index (κ2) is 5.61. The SMILES string of the molecule is CCC(CC)NC(=O)C1Cc2cc(Cl)ccc2O1. The van der Waals surface area contributed by atoms with E-state index in [0.29, 0.717) is 11.4 Å². The maximum atomic E-state index is 12.1. The first-order chi connectivity index (χ1) is 8.63. The average Bonchev–Trinajstić information content (AvgIpc) is 2.78. The molecule has 1 aromatic rings. The summed E-state index contributed by atoms with van der Waals surface area (Å²) in [6, 6.07) is 5.69. The number of carbonyl (C=O) groups excluding carboxylic acids is 1. The van der Waals surface area contributed by atoms with Gasteiger partial charge in [0.25, 0.3) is 5.91 Å². The van der Waals surface area contributed by atoms with Crippen molar-refractivity contribution in [3.8, 4) is 5.75 Å². The van der Waals surface area contributed by atoms with Crippen LogP contribution in [0, 0.1) is 0 Å². The van der Waals surface area contributed by atoms with Crippen LogP contribution < -0.4 is 10.1 Å². The number of hydrogen-bond acceptors (Lipinski definition) is 2. The number of rotatable bonds is 4. The Bertz CT molecular complexity index is 443. The molecule has 2 rings (SSSR count). The lowest BCUT2D eigenvalue weighted by molar-refractivity contribution is -0.128. The smallest absolute Gasteiger partial charge is 0.261 e. The molecule has 1 amide bonds. The lowest BCUT2D eigenvalue weighted by Crippen LogP contribution is -2.42. The van der Waals surface area contributed by atoms with Gasteiger partial charge >= 0.3 is 0 Å². The monoisotopic (exact) mass is 267 g/mol. The predicted octanol–water partition coefficient (Wildman–Crippen LogP) is 2.95. The normalized spacial score (nSPS) is 17.4. The van der Waals surface area contributed by atoms with Gasteiger partial charge in [-0.2, -0.15) is 0 Å². The van der Waals surface area contributed by atoms with Crippen molar-refractivity contribution in [1.29, 1.82) is 0 Å². The molecule has 1 aliphatic heterocycles. The van der Waals surface area contributed by atoms with Crippen LogP contribution >= 0.6 is 11.6 Å². The van der Waals surface area contributed by atoms with Crippen LogP contribution in [0.1, 0.15) is 32.3 Å². The third kappa shape index (κ3) is 2.78. The molecule has 0 spiro atoms. The highest BCUT2D eigenvalue weighted by Gasteiger charge is 2.29. The van der Waals surface area contributed by atoms with Crippen LogP contribution in [0.4, 0.5) is 0 Å². The van der Waals surface area contributed by atoms with Crippen molar-refractivity contribution in [2.75, 3.05) is 0 Å². The molecule has 0 saturated heterocycles. The van der Waals surface area contributed by atoms with Gasteiger partial charge in [-0.15, -0.1) is 0 Å². The number of halogens is 1. The minimum Gasteiger partial charge on any atom is -0.480 e. The zero-order valence-corrected chi connectivity index (χ0v) is 11.5. The lowest BCUT2D eigenvalue weighted by Gasteiger charge is -2.17. The summed E-state index contributed by atoms with van der Waals surface area (Å²) in [5.41, 5.74) is 1.01. The fraction of sp³-hybridized carbons (Fsp3) is 0.500. The zero-order valence-electron chi connectivity index (χ0n) is 10.7. The van der Waals surface area contributed by atoms with Crippen molar-refractivity contribution in [3.63, 3.8) is 0 Å². The summed E-state index contributed by atoms with van der Waals surface area (Å²) < 4.78 is 5.64. The van der Waals surface area contributed by atoms with E-state index in [-0.39, 0.29) is 11.9 Å². The van der Waals surface area contributed by atoms with Crippen molar-refractivity contribution in [3.05, 3.63) is 28.8 Å². The Morgan fingerprint density at radius 1 is 1.50 bits per heavy atom. The van der Waals surface area contributed by atoms with Crippen LogP contribution in [0.3, 0.4) is 0 Å². The Balaban J connectivity index is 2.00. The molecule has 3 nitrogen and oxygen atoms in total. The van der Waals surface area contributed by atoms with Crippen molar-refractivity contribution >= 4 is 17.5 Å². The third-order valence-corrected chi connectivity index (χ3v) is 3.56. The molecule has 0 aromatic heterocycles. The number of amides is 1. The molecule has 1 heterocycles. The summed E-state index contributed by atoms with van der Waals surface area (Å²) in [7, 11) is 0. The second-order valence-corrected chi connectivity index (χ2v) is 5.02. The Morgan fingerprint density at radius 2 is 2.22 bits per heavy atom. The van der Waals surface area contributed by atoms with Crippen LogP contribution in [0.2, 0.25) is 5.02 Å². The van der Waals surface area contributed by atoms with Crippen LogP contribution in [0.25, 0.3) is 0 Å². The Labute approximate surface area is 112 Å². The number of hydrogen-bond donors (Lipinski definition) is 1. The Hall–Kier alpha value is -1.22. The quantitative estimate of drug-likeness (QED) is 0.911. The summed E-state index contributed by atoms with van der Waals surface area (Å²) in [6.07, 6.45) is 2.06. The van der Waals surface area contributed by atoms with E-state index in [2.05, 4.69) is 19.2 Å². The number of carbonyl (C=O) groups is 1. The summed E-state index contributed by atoms with van der Waals surface area (Å²) in [5.74, 6) is 0.736. The first kappa shape index (κ1) is 13.2. The van der Waals surface area contributed by atoms with Crippen LogP contribution in [0.5, 0.6) is 5.75 Å². The van der Waals surface area contributed by atoms with Gasteiger partial charge in [-0.1, -0.05) is 25.4 Å². The number of fused-ring (bicyclic) bond motifs is 1. The highest BCUT2D eigenvalue weighted by Crippen LogP contribution is 2.31. The van der Waals surface area contributed by atoms with E-state index < -0.39 is 6.10 Å². The molecule has 1 unspecified atom stereocenters. The zero-order chi connectivity index (χ0) is 13.1. The summed E-state index contributed by atoms with van der Waals surface area (Å²) in [4.78, 5) is 12.1. The molecule has 18 heavy (non-hydrogen) atoms. The van der Waals surface area contributed by atoms with Gasteiger partial charge in [-0.05, 0) is 36.6 Å². The van der Waals surface area contributed by atoms with Crippen molar-refractivity contribution in [2.45, 2.75) is 45.3 Å². The van der Waals surface area contributed by atoms with Gasteiger partial charge < -0.3 is 10.1 Å². The molecule has 4 heteroatoms. The minimum atomic E-state index is -0.418. The van der Waals surface area contributed by atoms with Gasteiger partial charge in [0.2, 0.25) is 0 Å². The molecule has 1 aliphatic rings. The average molecular weight is 268 g/mol. The van der Waals surface area contributed by atoms with Crippen LogP contribution in [0.15, 0.2) is 18.2 Å². The molecular formula is C14H18ClNO2. The van der Waals surface area contributed by atoms with Gasteiger partial charge in [-0.25, -0.2) is 0 Å². The van der Waals surface area contributed by atoms with E-state index in [1.54, 1.807) is 6.07 Å². The Kier molecular flexibility index (Phi) is 4.12. The van der Waals surface area contributed by atoms with Gasteiger partial charge in [-0.3, -0.25) is 4.79 Å². The van der Waals surface area contributed by atoms with E-state index in [1.807, 2.05) is 12.1 Å². The van der Waals surface area contributed by atoms with Gasteiger partial charge in [0.05, 0.1) is 0 Å². The number of nitrogens with one attached hydrogen (secondary N) is 1. The second-order valence-electron chi connectivity index (χ2n) is 4.58. The third-order valence-electron chi connectivity index (χ3n) is 3.32. The van der Waals surface area contributed by atoms with E-state index >= 15 is 0 Å². The first-order valence-electron chi connectivity index (χ1n) is 6.39. The Morgan fingerprint density at radius 3 is 2.89 bits per heavy atom. The van der Waals surface area contributed by atoms with Gasteiger partial charge in [0, 0.05) is 17.5 Å². The molecule has 0 bridgehead atoms. The minimum absolute atomic E-state index is 0.0315. The van der Waals surface area contributed by atoms with Crippen molar-refractivity contribution in [1.82, 2.24) is 5.32 Å². The molecular weight excluding hydrogens is 250 g/mol. The summed E-state index contributed by atoms with van der Waals surface area (Å²) >= 11 is 5.92. The predicted molar refractivity (Wildman–Crippen MR) is 72.1 cm³/mol. The van der Waals surface area contributed by atoms with Gasteiger partial charge in [0.15, 0.2) is 6.10 Å². The highest BCUT2D eigenvalue weighted by molar-refractivity contribution is 6.30. The molecule has 1 aromatic carbocycles. The summed E-state index contributed by atoms with van der Waals surface area (Å²) in [5, 5.41) is 3.69. The van der Waals surface area contributed by atoms with E-state index in [9.17, 15) is 4.79 Å². The molecule has 98 valence electrons. The number of ether oxygens (including phenoxy) is 1. The first-order valence-corrected chi connectivity index (χ1v) is 6.77. The van der Waals surface area contributed by atoms with Crippen LogP contribution in [-0.4, -0.2) is 18.1 Å². The highest BCUT2D eigenvalue weighted by atomic mass is 35.5. The molecule has 0 saturated carbocycles. The fourth-order valence-electron chi connectivity index (χ4n) is 2.15. The van der Waals surface area contributed by atoms with E-state index in [4.69, 9.17) is 16.3 Å². The molecule has 0 aliphatic carbocycles. The summed E-state index contributed by atoms with van der Waals surface area (Å²) in [6.45, 7) is 4.14. The largest absolute Gasteiger partial charge is 0.480 e.